The Bertz CT molecular complexity index is 537. The van der Waals surface area contributed by atoms with Crippen LogP contribution in [-0.2, 0) is 11.3 Å². The largest absolute Gasteiger partial charge is 0.464 e. The minimum atomic E-state index is -0.435. The molecule has 0 atom stereocenters. The van der Waals surface area contributed by atoms with Crippen molar-refractivity contribution >= 4 is 17.6 Å². The van der Waals surface area contributed by atoms with E-state index in [-0.39, 0.29) is 0 Å². The van der Waals surface area contributed by atoms with Crippen LogP contribution in [0.1, 0.15) is 16.1 Å². The Morgan fingerprint density at radius 2 is 2.29 bits per heavy atom. The van der Waals surface area contributed by atoms with Crippen LogP contribution in [0.4, 0.5) is 0 Å². The van der Waals surface area contributed by atoms with Gasteiger partial charge in [0.1, 0.15) is 0 Å². The number of esters is 1. The second-order valence-electron chi connectivity index (χ2n) is 3.52. The number of benzene rings is 1. The van der Waals surface area contributed by atoms with Crippen molar-refractivity contribution in [3.8, 4) is 0 Å². The van der Waals surface area contributed by atoms with Gasteiger partial charge in [-0.3, -0.25) is 4.68 Å². The Morgan fingerprint density at radius 3 is 3.00 bits per heavy atom. The third kappa shape index (κ3) is 2.85. The van der Waals surface area contributed by atoms with E-state index in [4.69, 9.17) is 11.6 Å². The Balaban J connectivity index is 2.14. The minimum Gasteiger partial charge on any atom is -0.464 e. The van der Waals surface area contributed by atoms with Gasteiger partial charge in [-0.15, -0.1) is 0 Å². The van der Waals surface area contributed by atoms with Gasteiger partial charge in [-0.25, -0.2) is 4.79 Å². The maximum atomic E-state index is 11.2. The van der Waals surface area contributed by atoms with Crippen LogP contribution in [0.15, 0.2) is 36.5 Å². The molecule has 0 unspecified atom stereocenters. The fourth-order valence-corrected chi connectivity index (χ4v) is 1.70. The first kappa shape index (κ1) is 11.7. The lowest BCUT2D eigenvalue weighted by atomic mass is 10.2. The lowest BCUT2D eigenvalue weighted by Gasteiger charge is -2.02. The molecule has 0 saturated heterocycles. The molecule has 1 aromatic heterocycles. The zero-order valence-corrected chi connectivity index (χ0v) is 10.0. The number of carbonyl (C=O) groups excluding carboxylic acids is 1. The highest BCUT2D eigenvalue weighted by molar-refractivity contribution is 6.30. The van der Waals surface area contributed by atoms with Gasteiger partial charge in [0.2, 0.25) is 0 Å². The Labute approximate surface area is 104 Å². The molecule has 0 aliphatic heterocycles. The van der Waals surface area contributed by atoms with Crippen molar-refractivity contribution in [2.45, 2.75) is 6.54 Å². The van der Waals surface area contributed by atoms with E-state index in [9.17, 15) is 4.79 Å². The molecule has 0 fully saturated rings. The zero-order valence-electron chi connectivity index (χ0n) is 9.26. The highest BCUT2D eigenvalue weighted by atomic mass is 35.5. The lowest BCUT2D eigenvalue weighted by molar-refractivity contribution is 0.0593. The second kappa shape index (κ2) is 5.01. The zero-order chi connectivity index (χ0) is 12.3. The van der Waals surface area contributed by atoms with E-state index >= 15 is 0 Å². The maximum Gasteiger partial charge on any atom is 0.358 e. The van der Waals surface area contributed by atoms with Crippen molar-refractivity contribution in [2.24, 2.45) is 0 Å². The molecular weight excluding hydrogens is 240 g/mol. The van der Waals surface area contributed by atoms with Crippen LogP contribution in [0.2, 0.25) is 5.02 Å². The average molecular weight is 251 g/mol. The average Bonchev–Trinajstić information content (AvgIpc) is 2.76. The van der Waals surface area contributed by atoms with Gasteiger partial charge >= 0.3 is 5.97 Å². The first-order chi connectivity index (χ1) is 8.19. The highest BCUT2D eigenvalue weighted by Gasteiger charge is 2.08. The number of halogens is 1. The number of aromatic nitrogens is 2. The molecule has 0 aliphatic carbocycles. The summed E-state index contributed by atoms with van der Waals surface area (Å²) in [6.07, 6.45) is 1.73. The quantitative estimate of drug-likeness (QED) is 0.786. The van der Waals surface area contributed by atoms with Gasteiger partial charge in [0.15, 0.2) is 5.69 Å². The number of ether oxygens (including phenoxy) is 1. The van der Waals surface area contributed by atoms with Gasteiger partial charge < -0.3 is 4.74 Å². The Kier molecular flexibility index (Phi) is 3.44. The minimum absolute atomic E-state index is 0.300. The Hall–Kier alpha value is -1.81. The van der Waals surface area contributed by atoms with Crippen LogP contribution in [0.5, 0.6) is 0 Å². The van der Waals surface area contributed by atoms with Gasteiger partial charge in [0, 0.05) is 11.2 Å². The van der Waals surface area contributed by atoms with Crippen molar-refractivity contribution in [2.75, 3.05) is 7.11 Å². The van der Waals surface area contributed by atoms with Crippen LogP contribution >= 0.6 is 11.6 Å². The molecule has 2 rings (SSSR count). The molecule has 88 valence electrons. The second-order valence-corrected chi connectivity index (χ2v) is 3.96. The molecule has 4 nitrogen and oxygen atoms in total. The van der Waals surface area contributed by atoms with Crippen LogP contribution in [0, 0.1) is 0 Å². The monoisotopic (exact) mass is 250 g/mol. The van der Waals surface area contributed by atoms with E-state index in [1.54, 1.807) is 16.9 Å². The maximum absolute atomic E-state index is 11.2. The van der Waals surface area contributed by atoms with Crippen molar-refractivity contribution in [3.05, 3.63) is 52.8 Å². The summed E-state index contributed by atoms with van der Waals surface area (Å²) in [6.45, 7) is 0.567. The van der Waals surface area contributed by atoms with E-state index in [2.05, 4.69) is 9.84 Å². The van der Waals surface area contributed by atoms with Crippen LogP contribution in [-0.4, -0.2) is 22.9 Å². The summed E-state index contributed by atoms with van der Waals surface area (Å²) in [6, 6.07) is 9.12. The normalized spacial score (nSPS) is 10.2. The molecule has 0 radical (unpaired) electrons. The van der Waals surface area contributed by atoms with Crippen molar-refractivity contribution in [3.63, 3.8) is 0 Å². The number of hydrogen-bond acceptors (Lipinski definition) is 3. The summed E-state index contributed by atoms with van der Waals surface area (Å²) < 4.78 is 6.25. The molecule has 0 aliphatic rings. The molecule has 1 aromatic carbocycles. The van der Waals surface area contributed by atoms with E-state index in [0.29, 0.717) is 17.3 Å². The SMILES string of the molecule is COC(=O)c1ccn(Cc2cccc(Cl)c2)n1. The van der Waals surface area contributed by atoms with Gasteiger partial charge in [-0.2, -0.15) is 5.10 Å². The van der Waals surface area contributed by atoms with Crippen molar-refractivity contribution < 1.29 is 9.53 Å². The molecule has 0 spiro atoms. The molecule has 17 heavy (non-hydrogen) atoms. The highest BCUT2D eigenvalue weighted by Crippen LogP contribution is 2.11. The van der Waals surface area contributed by atoms with Crippen molar-refractivity contribution in [1.29, 1.82) is 0 Å². The first-order valence-corrected chi connectivity index (χ1v) is 5.43. The van der Waals surface area contributed by atoms with Crippen molar-refractivity contribution in [1.82, 2.24) is 9.78 Å². The van der Waals surface area contributed by atoms with Crippen LogP contribution in [0.25, 0.3) is 0 Å². The molecule has 2 aromatic rings. The molecule has 0 bridgehead atoms. The number of rotatable bonds is 3. The summed E-state index contributed by atoms with van der Waals surface area (Å²) in [5.41, 5.74) is 1.33. The van der Waals surface area contributed by atoms with E-state index in [0.717, 1.165) is 5.56 Å². The molecule has 0 N–H and O–H groups in total. The number of methoxy groups -OCH3 is 1. The third-order valence-electron chi connectivity index (χ3n) is 2.27. The predicted octanol–water partition coefficient (Wildman–Crippen LogP) is 2.37. The van der Waals surface area contributed by atoms with E-state index in [1.807, 2.05) is 24.3 Å². The topological polar surface area (TPSA) is 44.1 Å². The first-order valence-electron chi connectivity index (χ1n) is 5.05. The van der Waals surface area contributed by atoms with Crippen LogP contribution < -0.4 is 0 Å². The standard InChI is InChI=1S/C12H11ClN2O2/c1-17-12(16)11-5-6-15(14-11)8-9-3-2-4-10(13)7-9/h2-7H,8H2,1H3. The molecular formula is C12H11ClN2O2. The van der Waals surface area contributed by atoms with Gasteiger partial charge in [-0.05, 0) is 23.8 Å². The fourth-order valence-electron chi connectivity index (χ4n) is 1.49. The lowest BCUT2D eigenvalue weighted by Crippen LogP contribution is -2.05. The van der Waals surface area contributed by atoms with Gasteiger partial charge in [-0.1, -0.05) is 23.7 Å². The van der Waals surface area contributed by atoms with Gasteiger partial charge in [0.05, 0.1) is 13.7 Å². The Morgan fingerprint density at radius 1 is 1.47 bits per heavy atom. The summed E-state index contributed by atoms with van der Waals surface area (Å²) in [5, 5.41) is 4.79. The molecule has 0 saturated carbocycles. The summed E-state index contributed by atoms with van der Waals surface area (Å²) in [5.74, 6) is -0.435. The molecule has 5 heteroatoms. The predicted molar refractivity (Wildman–Crippen MR) is 64.1 cm³/mol. The summed E-state index contributed by atoms with van der Waals surface area (Å²) in [4.78, 5) is 11.2. The number of nitrogens with zero attached hydrogens (tertiary/aromatic N) is 2. The third-order valence-corrected chi connectivity index (χ3v) is 2.50. The molecule has 1 heterocycles. The smallest absolute Gasteiger partial charge is 0.358 e. The van der Waals surface area contributed by atoms with Crippen LogP contribution in [0.3, 0.4) is 0 Å². The summed E-state index contributed by atoms with van der Waals surface area (Å²) in [7, 11) is 1.33. The molecule has 0 amide bonds. The fraction of sp³-hybridized carbons (Fsp3) is 0.167. The number of hydrogen-bond donors (Lipinski definition) is 0. The van der Waals surface area contributed by atoms with Gasteiger partial charge in [0.25, 0.3) is 0 Å². The summed E-state index contributed by atoms with van der Waals surface area (Å²) >= 11 is 5.89. The number of carbonyl (C=O) groups is 1. The van der Waals surface area contributed by atoms with E-state index < -0.39 is 5.97 Å². The van der Waals surface area contributed by atoms with E-state index in [1.165, 1.54) is 7.11 Å².